The van der Waals surface area contributed by atoms with Gasteiger partial charge in [0.2, 0.25) is 0 Å². The van der Waals surface area contributed by atoms with E-state index in [0.29, 0.717) is 5.69 Å². The molecule has 1 aromatic rings. The Kier molecular flexibility index (Phi) is 4.53. The number of carboxylic acid groups (broad SMARTS) is 1. The van der Waals surface area contributed by atoms with Crippen LogP contribution in [0.2, 0.25) is 0 Å². The Bertz CT molecular complexity index is 472. The third kappa shape index (κ3) is 3.11. The molecule has 0 spiro atoms. The van der Waals surface area contributed by atoms with Crippen molar-refractivity contribution in [1.29, 1.82) is 0 Å². The molecule has 7 heteroatoms. The molecule has 0 fully saturated rings. The van der Waals surface area contributed by atoms with E-state index in [9.17, 15) is 9.59 Å². The lowest BCUT2D eigenvalue weighted by atomic mass is 10.0. The van der Waals surface area contributed by atoms with Crippen molar-refractivity contribution in [2.24, 2.45) is 7.05 Å². The first-order valence-electron chi connectivity index (χ1n) is 5.17. The summed E-state index contributed by atoms with van der Waals surface area (Å²) >= 11 is 3.25. The fraction of sp³-hybridized carbons (Fsp3) is 0.455. The van der Waals surface area contributed by atoms with Crippen LogP contribution < -0.4 is 5.32 Å². The van der Waals surface area contributed by atoms with Crippen molar-refractivity contribution in [2.75, 3.05) is 13.7 Å². The first kappa shape index (κ1) is 14.7. The molecule has 6 nitrogen and oxygen atoms in total. The van der Waals surface area contributed by atoms with Gasteiger partial charge in [-0.05, 0) is 28.9 Å². The summed E-state index contributed by atoms with van der Waals surface area (Å²) in [4.78, 5) is 23.2. The lowest BCUT2D eigenvalue weighted by Crippen LogP contribution is -2.55. The number of aryl methyl sites for hydroxylation is 1. The molecule has 0 saturated carbocycles. The third-order valence-corrected chi connectivity index (χ3v) is 2.93. The molecule has 0 aliphatic carbocycles. The molecule has 1 heterocycles. The minimum absolute atomic E-state index is 0.111. The molecule has 0 saturated heterocycles. The van der Waals surface area contributed by atoms with Gasteiger partial charge in [-0.1, -0.05) is 0 Å². The summed E-state index contributed by atoms with van der Waals surface area (Å²) in [5.41, 5.74) is -1.09. The summed E-state index contributed by atoms with van der Waals surface area (Å²) in [7, 11) is 3.08. The van der Waals surface area contributed by atoms with Crippen molar-refractivity contribution in [2.45, 2.75) is 12.5 Å². The first-order chi connectivity index (χ1) is 8.30. The first-order valence-corrected chi connectivity index (χ1v) is 5.96. The maximum absolute atomic E-state index is 12.0. The number of carbonyl (C=O) groups excluding carboxylic acids is 1. The van der Waals surface area contributed by atoms with Crippen LogP contribution in [0, 0.1) is 0 Å². The zero-order chi connectivity index (χ0) is 13.9. The van der Waals surface area contributed by atoms with Gasteiger partial charge in [-0.3, -0.25) is 4.79 Å². The molecule has 1 rings (SSSR count). The molecule has 0 radical (unpaired) electrons. The van der Waals surface area contributed by atoms with E-state index in [4.69, 9.17) is 9.84 Å². The molecular weight excluding hydrogens is 304 g/mol. The van der Waals surface area contributed by atoms with Crippen LogP contribution in [0.15, 0.2) is 16.7 Å². The van der Waals surface area contributed by atoms with Crippen molar-refractivity contribution >= 4 is 27.8 Å². The maximum Gasteiger partial charge on any atom is 0.331 e. The van der Waals surface area contributed by atoms with Crippen molar-refractivity contribution in [1.82, 2.24) is 9.88 Å². The number of hydrogen-bond acceptors (Lipinski definition) is 3. The van der Waals surface area contributed by atoms with Gasteiger partial charge in [0.05, 0.1) is 6.61 Å². The molecule has 1 atom stereocenters. The number of aromatic nitrogens is 1. The predicted octanol–water partition coefficient (Wildman–Crippen LogP) is 1.01. The number of halogens is 1. The Morgan fingerprint density at radius 2 is 2.22 bits per heavy atom. The minimum Gasteiger partial charge on any atom is -0.479 e. The standard InChI is InChI=1S/C11H15BrN2O4/c1-11(6-18-3,10(16)17)13-9(15)8-4-7(12)5-14(8)2/h4-5H,6H2,1-3H3,(H,13,15)(H,16,17). The van der Waals surface area contributed by atoms with E-state index in [1.54, 1.807) is 23.9 Å². The van der Waals surface area contributed by atoms with Crippen LogP contribution >= 0.6 is 15.9 Å². The third-order valence-electron chi connectivity index (χ3n) is 2.50. The number of carboxylic acids is 1. The Labute approximate surface area is 113 Å². The number of methoxy groups -OCH3 is 1. The monoisotopic (exact) mass is 318 g/mol. The SMILES string of the molecule is COCC(C)(NC(=O)c1cc(Br)cn1C)C(=O)O. The molecular formula is C11H15BrN2O4. The molecule has 0 aliphatic heterocycles. The second kappa shape index (κ2) is 5.53. The average molecular weight is 319 g/mol. The Morgan fingerprint density at radius 3 is 2.61 bits per heavy atom. The molecule has 0 aromatic carbocycles. The van der Waals surface area contributed by atoms with Crippen molar-refractivity contribution in [3.63, 3.8) is 0 Å². The van der Waals surface area contributed by atoms with Gasteiger partial charge in [-0.15, -0.1) is 0 Å². The molecule has 0 aliphatic rings. The number of rotatable bonds is 5. The largest absolute Gasteiger partial charge is 0.479 e. The van der Waals surface area contributed by atoms with Crippen molar-refractivity contribution < 1.29 is 19.4 Å². The minimum atomic E-state index is -1.46. The topological polar surface area (TPSA) is 80.6 Å². The molecule has 2 N–H and O–H groups in total. The van der Waals surface area contributed by atoms with E-state index in [-0.39, 0.29) is 6.61 Å². The number of nitrogens with one attached hydrogen (secondary N) is 1. The van der Waals surface area contributed by atoms with Gasteiger partial charge in [0, 0.05) is 24.8 Å². The Hall–Kier alpha value is -1.34. The van der Waals surface area contributed by atoms with Crippen LogP contribution in [-0.2, 0) is 16.6 Å². The van der Waals surface area contributed by atoms with Gasteiger partial charge in [-0.2, -0.15) is 0 Å². The molecule has 1 unspecified atom stereocenters. The van der Waals surface area contributed by atoms with Gasteiger partial charge in [0.25, 0.3) is 5.91 Å². The van der Waals surface area contributed by atoms with Crippen LogP contribution in [0.1, 0.15) is 17.4 Å². The van der Waals surface area contributed by atoms with Gasteiger partial charge < -0.3 is 19.7 Å². The lowest BCUT2D eigenvalue weighted by molar-refractivity contribution is -0.145. The van der Waals surface area contributed by atoms with E-state index >= 15 is 0 Å². The molecule has 18 heavy (non-hydrogen) atoms. The number of ether oxygens (including phenoxy) is 1. The number of aliphatic carboxylic acids is 1. The van der Waals surface area contributed by atoms with Gasteiger partial charge >= 0.3 is 5.97 Å². The maximum atomic E-state index is 12.0. The number of hydrogen-bond donors (Lipinski definition) is 2. The lowest BCUT2D eigenvalue weighted by Gasteiger charge is -2.25. The van der Waals surface area contributed by atoms with Gasteiger partial charge in [0.15, 0.2) is 5.54 Å². The summed E-state index contributed by atoms with van der Waals surface area (Å²) < 4.78 is 7.18. The quantitative estimate of drug-likeness (QED) is 0.849. The van der Waals surface area contributed by atoms with E-state index in [1.807, 2.05) is 0 Å². The van der Waals surface area contributed by atoms with E-state index in [1.165, 1.54) is 14.0 Å². The van der Waals surface area contributed by atoms with Gasteiger partial charge in [-0.25, -0.2) is 4.79 Å². The van der Waals surface area contributed by atoms with E-state index in [0.717, 1.165) is 4.47 Å². The number of amides is 1. The fourth-order valence-electron chi connectivity index (χ4n) is 1.50. The highest BCUT2D eigenvalue weighted by Crippen LogP contribution is 2.15. The fourth-order valence-corrected chi connectivity index (χ4v) is 2.03. The van der Waals surface area contributed by atoms with Gasteiger partial charge in [0.1, 0.15) is 5.69 Å². The summed E-state index contributed by atoms with van der Waals surface area (Å²) in [5, 5.41) is 11.6. The number of nitrogens with zero attached hydrogens (tertiary/aromatic N) is 1. The zero-order valence-electron chi connectivity index (χ0n) is 10.4. The highest BCUT2D eigenvalue weighted by atomic mass is 79.9. The summed E-state index contributed by atoms with van der Waals surface area (Å²) in [6.45, 7) is 1.29. The Morgan fingerprint density at radius 1 is 1.61 bits per heavy atom. The Balaban J connectivity index is 2.92. The summed E-state index contributed by atoms with van der Waals surface area (Å²) in [5.74, 6) is -1.61. The van der Waals surface area contributed by atoms with Crippen molar-refractivity contribution in [3.05, 3.63) is 22.4 Å². The highest BCUT2D eigenvalue weighted by molar-refractivity contribution is 9.10. The molecule has 1 amide bonds. The predicted molar refractivity (Wildman–Crippen MR) is 68.5 cm³/mol. The van der Waals surface area contributed by atoms with E-state index < -0.39 is 17.4 Å². The smallest absolute Gasteiger partial charge is 0.331 e. The highest BCUT2D eigenvalue weighted by Gasteiger charge is 2.35. The normalized spacial score (nSPS) is 14.0. The van der Waals surface area contributed by atoms with Crippen LogP contribution in [0.3, 0.4) is 0 Å². The van der Waals surface area contributed by atoms with Crippen LogP contribution in [0.4, 0.5) is 0 Å². The van der Waals surface area contributed by atoms with Crippen molar-refractivity contribution in [3.8, 4) is 0 Å². The molecule has 1 aromatic heterocycles. The van der Waals surface area contributed by atoms with E-state index in [2.05, 4.69) is 21.2 Å². The summed E-state index contributed by atoms with van der Waals surface area (Å²) in [6, 6.07) is 1.62. The number of carbonyl (C=O) groups is 2. The van der Waals surface area contributed by atoms with Crippen LogP contribution in [0.5, 0.6) is 0 Å². The van der Waals surface area contributed by atoms with Crippen LogP contribution in [0.25, 0.3) is 0 Å². The molecule has 0 bridgehead atoms. The average Bonchev–Trinajstić information content (AvgIpc) is 2.57. The summed E-state index contributed by atoms with van der Waals surface area (Å²) in [6.07, 6.45) is 1.71. The van der Waals surface area contributed by atoms with Crippen LogP contribution in [-0.4, -0.2) is 40.8 Å². The second-order valence-electron chi connectivity index (χ2n) is 4.18. The zero-order valence-corrected chi connectivity index (χ0v) is 11.9. The molecule has 100 valence electrons. The second-order valence-corrected chi connectivity index (χ2v) is 5.09.